The lowest BCUT2D eigenvalue weighted by atomic mass is 9.80. The first-order chi connectivity index (χ1) is 4.77. The van der Waals surface area contributed by atoms with Gasteiger partial charge in [0.15, 0.2) is 0 Å². The molecule has 2 heteroatoms. The second-order valence-electron chi connectivity index (χ2n) is 3.67. The van der Waals surface area contributed by atoms with Gasteiger partial charge >= 0.3 is 0 Å². The van der Waals surface area contributed by atoms with Crippen LogP contribution >= 0.6 is 12.4 Å². The molecular weight excluding hydrogens is 158 g/mol. The first-order valence-electron chi connectivity index (χ1n) is 4.56. The summed E-state index contributed by atoms with van der Waals surface area (Å²) in [6.07, 6.45) is 9.13. The number of hydrogen-bond acceptors (Lipinski definition) is 1. The van der Waals surface area contributed by atoms with E-state index >= 15 is 0 Å². The minimum Gasteiger partial charge on any atom is -0.325 e. The van der Waals surface area contributed by atoms with Crippen LogP contribution in [0.2, 0.25) is 0 Å². The minimum atomic E-state index is 0. The Hall–Kier alpha value is 0.250. The first kappa shape index (κ1) is 11.2. The van der Waals surface area contributed by atoms with Gasteiger partial charge in [0.1, 0.15) is 0 Å². The maximum absolute atomic E-state index is 6.17. The van der Waals surface area contributed by atoms with Crippen molar-refractivity contribution in [1.29, 1.82) is 0 Å². The van der Waals surface area contributed by atoms with Crippen molar-refractivity contribution in [3.63, 3.8) is 0 Å². The van der Waals surface area contributed by atoms with Crippen molar-refractivity contribution in [1.82, 2.24) is 0 Å². The third kappa shape index (κ3) is 3.44. The smallest absolute Gasteiger partial charge is 0.0154 e. The number of nitrogens with two attached hydrogens (primary N) is 1. The molecule has 1 aliphatic carbocycles. The Morgan fingerprint density at radius 1 is 1.18 bits per heavy atom. The van der Waals surface area contributed by atoms with Crippen LogP contribution in [0.25, 0.3) is 0 Å². The molecule has 0 unspecified atom stereocenters. The van der Waals surface area contributed by atoms with Gasteiger partial charge < -0.3 is 5.73 Å². The number of rotatable bonds is 2. The van der Waals surface area contributed by atoms with Gasteiger partial charge in [-0.25, -0.2) is 0 Å². The molecule has 1 nitrogen and oxygen atoms in total. The lowest BCUT2D eigenvalue weighted by Gasteiger charge is -2.33. The van der Waals surface area contributed by atoms with E-state index < -0.39 is 0 Å². The molecule has 1 aliphatic rings. The third-order valence-electron chi connectivity index (χ3n) is 2.60. The van der Waals surface area contributed by atoms with Crippen molar-refractivity contribution in [3.8, 4) is 0 Å². The average Bonchev–Trinajstić information content (AvgIpc) is 1.89. The Labute approximate surface area is 76.1 Å². The molecular formula is C9H20ClN. The molecule has 1 rings (SSSR count). The Balaban J connectivity index is 0.000001000. The van der Waals surface area contributed by atoms with Gasteiger partial charge in [0.2, 0.25) is 0 Å². The van der Waals surface area contributed by atoms with E-state index in [1.54, 1.807) is 0 Å². The molecule has 0 aromatic carbocycles. The summed E-state index contributed by atoms with van der Waals surface area (Å²) >= 11 is 0. The van der Waals surface area contributed by atoms with Crippen molar-refractivity contribution in [3.05, 3.63) is 0 Å². The van der Waals surface area contributed by atoms with Crippen molar-refractivity contribution in [2.75, 3.05) is 0 Å². The van der Waals surface area contributed by atoms with Crippen LogP contribution in [0.15, 0.2) is 0 Å². The van der Waals surface area contributed by atoms with Gasteiger partial charge in [-0.05, 0) is 19.3 Å². The molecule has 11 heavy (non-hydrogen) atoms. The SMILES string of the molecule is CCCC1(N)CCCCC1.Cl. The van der Waals surface area contributed by atoms with E-state index in [0.29, 0.717) is 0 Å². The predicted molar refractivity (Wildman–Crippen MR) is 52.2 cm³/mol. The van der Waals surface area contributed by atoms with Crippen LogP contribution < -0.4 is 5.73 Å². The Kier molecular flexibility index (Phi) is 5.11. The van der Waals surface area contributed by atoms with Crippen LogP contribution in [0.3, 0.4) is 0 Å². The van der Waals surface area contributed by atoms with Crippen LogP contribution in [0.5, 0.6) is 0 Å². The second kappa shape index (κ2) is 5.00. The van der Waals surface area contributed by atoms with E-state index in [1.807, 2.05) is 0 Å². The van der Waals surface area contributed by atoms with E-state index in [1.165, 1.54) is 44.9 Å². The van der Waals surface area contributed by atoms with E-state index in [0.717, 1.165) is 0 Å². The van der Waals surface area contributed by atoms with Crippen LogP contribution in [-0.2, 0) is 0 Å². The van der Waals surface area contributed by atoms with E-state index in [9.17, 15) is 0 Å². The predicted octanol–water partition coefficient (Wildman–Crippen LogP) is 2.87. The van der Waals surface area contributed by atoms with Crippen LogP contribution in [0.4, 0.5) is 0 Å². The van der Waals surface area contributed by atoms with Crippen LogP contribution in [0, 0.1) is 0 Å². The fourth-order valence-electron chi connectivity index (χ4n) is 2.00. The van der Waals surface area contributed by atoms with Crippen molar-refractivity contribution < 1.29 is 0 Å². The highest BCUT2D eigenvalue weighted by molar-refractivity contribution is 5.85. The number of halogens is 1. The summed E-state index contributed by atoms with van der Waals surface area (Å²) in [5, 5.41) is 0. The highest BCUT2D eigenvalue weighted by Gasteiger charge is 2.25. The highest BCUT2D eigenvalue weighted by atomic mass is 35.5. The fourth-order valence-corrected chi connectivity index (χ4v) is 2.00. The van der Waals surface area contributed by atoms with Gasteiger partial charge in [0.25, 0.3) is 0 Å². The maximum Gasteiger partial charge on any atom is 0.0154 e. The normalized spacial score (nSPS) is 22.4. The lowest BCUT2D eigenvalue weighted by Crippen LogP contribution is -2.41. The molecule has 0 aromatic heterocycles. The molecule has 0 atom stereocenters. The average molecular weight is 178 g/mol. The third-order valence-corrected chi connectivity index (χ3v) is 2.60. The molecule has 68 valence electrons. The summed E-state index contributed by atoms with van der Waals surface area (Å²) in [5.41, 5.74) is 6.40. The highest BCUT2D eigenvalue weighted by Crippen LogP contribution is 2.29. The van der Waals surface area contributed by atoms with Gasteiger partial charge in [-0.2, -0.15) is 0 Å². The molecule has 1 saturated carbocycles. The first-order valence-corrected chi connectivity index (χ1v) is 4.56. The zero-order valence-electron chi connectivity index (χ0n) is 7.44. The summed E-state index contributed by atoms with van der Waals surface area (Å²) in [7, 11) is 0. The van der Waals surface area contributed by atoms with Gasteiger partial charge in [0, 0.05) is 5.54 Å². The van der Waals surface area contributed by atoms with Crippen molar-refractivity contribution in [2.24, 2.45) is 5.73 Å². The molecule has 0 radical (unpaired) electrons. The Morgan fingerprint density at radius 2 is 1.73 bits per heavy atom. The minimum absolute atomic E-state index is 0. The van der Waals surface area contributed by atoms with Crippen molar-refractivity contribution >= 4 is 12.4 Å². The number of hydrogen-bond donors (Lipinski definition) is 1. The zero-order valence-corrected chi connectivity index (χ0v) is 8.25. The molecule has 2 N–H and O–H groups in total. The fraction of sp³-hybridized carbons (Fsp3) is 1.00. The molecule has 0 heterocycles. The van der Waals surface area contributed by atoms with E-state index in [4.69, 9.17) is 5.73 Å². The lowest BCUT2D eigenvalue weighted by molar-refractivity contribution is 0.276. The largest absolute Gasteiger partial charge is 0.325 e. The zero-order chi connectivity index (χ0) is 7.45. The molecule has 0 aliphatic heterocycles. The second-order valence-corrected chi connectivity index (χ2v) is 3.67. The van der Waals surface area contributed by atoms with Crippen LogP contribution in [-0.4, -0.2) is 5.54 Å². The maximum atomic E-state index is 6.17. The molecule has 0 spiro atoms. The topological polar surface area (TPSA) is 26.0 Å². The molecule has 0 saturated heterocycles. The Morgan fingerprint density at radius 3 is 2.18 bits per heavy atom. The van der Waals surface area contributed by atoms with E-state index in [2.05, 4.69) is 6.92 Å². The van der Waals surface area contributed by atoms with E-state index in [-0.39, 0.29) is 17.9 Å². The van der Waals surface area contributed by atoms with Gasteiger partial charge in [-0.1, -0.05) is 32.6 Å². The summed E-state index contributed by atoms with van der Waals surface area (Å²) < 4.78 is 0. The van der Waals surface area contributed by atoms with Gasteiger partial charge in [0.05, 0.1) is 0 Å². The van der Waals surface area contributed by atoms with Crippen LogP contribution in [0.1, 0.15) is 51.9 Å². The summed E-state index contributed by atoms with van der Waals surface area (Å²) in [6, 6.07) is 0. The van der Waals surface area contributed by atoms with Gasteiger partial charge in [-0.15, -0.1) is 12.4 Å². The van der Waals surface area contributed by atoms with Crippen molar-refractivity contribution in [2.45, 2.75) is 57.4 Å². The molecule has 0 bridgehead atoms. The van der Waals surface area contributed by atoms with Gasteiger partial charge in [-0.3, -0.25) is 0 Å². The summed E-state index contributed by atoms with van der Waals surface area (Å²) in [6.45, 7) is 2.23. The standard InChI is InChI=1S/C9H19N.ClH/c1-2-6-9(10)7-4-3-5-8-9;/h2-8,10H2,1H3;1H. The Bertz CT molecular complexity index is 92.2. The summed E-state index contributed by atoms with van der Waals surface area (Å²) in [5.74, 6) is 0. The molecule has 0 amide bonds. The quantitative estimate of drug-likeness (QED) is 0.690. The molecule has 1 fully saturated rings. The monoisotopic (exact) mass is 177 g/mol. The molecule has 0 aromatic rings. The summed E-state index contributed by atoms with van der Waals surface area (Å²) in [4.78, 5) is 0.